The highest BCUT2D eigenvalue weighted by Crippen LogP contribution is 2.44. The van der Waals surface area contributed by atoms with Gasteiger partial charge in [-0.25, -0.2) is 4.79 Å². The lowest BCUT2D eigenvalue weighted by atomic mass is 9.98. The number of carbonyl (C=O) groups is 2. The van der Waals surface area contributed by atoms with Gasteiger partial charge < -0.3 is 19.5 Å². The molecule has 3 aromatic carbocycles. The number of alkyl carbamates (subject to hydrolysis) is 1. The third-order valence-electron chi connectivity index (χ3n) is 5.89. The number of carbonyl (C=O) groups excluding carboxylic acids is 2. The molecule has 3 aromatic rings. The first-order chi connectivity index (χ1) is 16.7. The number of aldehydes is 1. The summed E-state index contributed by atoms with van der Waals surface area (Å²) in [6.45, 7) is 0.700. The van der Waals surface area contributed by atoms with Crippen LogP contribution in [0.1, 0.15) is 39.4 Å². The van der Waals surface area contributed by atoms with E-state index in [-0.39, 0.29) is 12.5 Å². The Kier molecular flexibility index (Phi) is 7.28. The van der Waals surface area contributed by atoms with Crippen LogP contribution in [0.15, 0.2) is 66.7 Å². The van der Waals surface area contributed by atoms with Gasteiger partial charge in [0.2, 0.25) is 0 Å². The monoisotopic (exact) mass is 457 g/mol. The topological polar surface area (TPSA) is 73.9 Å². The molecule has 0 radical (unpaired) electrons. The maximum Gasteiger partial charge on any atom is 0.407 e. The molecule has 0 saturated heterocycles. The first-order valence-electron chi connectivity index (χ1n) is 11.1. The second kappa shape index (κ2) is 10.7. The van der Waals surface area contributed by atoms with Crippen molar-refractivity contribution in [3.63, 3.8) is 0 Å². The van der Waals surface area contributed by atoms with Crippen molar-refractivity contribution in [1.82, 2.24) is 5.32 Å². The largest absolute Gasteiger partial charge is 0.493 e. The molecule has 34 heavy (non-hydrogen) atoms. The van der Waals surface area contributed by atoms with Gasteiger partial charge in [0.25, 0.3) is 0 Å². The van der Waals surface area contributed by atoms with Crippen molar-refractivity contribution < 1.29 is 23.8 Å². The van der Waals surface area contributed by atoms with Crippen molar-refractivity contribution in [1.29, 1.82) is 0 Å². The Morgan fingerprint density at radius 1 is 0.971 bits per heavy atom. The van der Waals surface area contributed by atoms with Gasteiger partial charge in [-0.3, -0.25) is 4.79 Å². The van der Waals surface area contributed by atoms with Crippen LogP contribution in [0.2, 0.25) is 0 Å². The molecule has 0 heterocycles. The van der Waals surface area contributed by atoms with Crippen molar-refractivity contribution in [3.8, 4) is 22.6 Å². The number of methoxy groups -OCH3 is 2. The van der Waals surface area contributed by atoms with E-state index in [2.05, 4.69) is 29.6 Å². The van der Waals surface area contributed by atoms with E-state index >= 15 is 0 Å². The van der Waals surface area contributed by atoms with E-state index < -0.39 is 6.09 Å². The summed E-state index contributed by atoms with van der Waals surface area (Å²) in [6.07, 6.45) is 4.64. The molecule has 0 fully saturated rings. The zero-order valence-corrected chi connectivity index (χ0v) is 19.2. The van der Waals surface area contributed by atoms with Crippen molar-refractivity contribution in [2.24, 2.45) is 0 Å². The second-order valence-electron chi connectivity index (χ2n) is 7.91. The zero-order chi connectivity index (χ0) is 23.9. The van der Waals surface area contributed by atoms with Crippen LogP contribution in [0, 0.1) is 0 Å². The fraction of sp³-hybridized carbons (Fsp3) is 0.214. The molecule has 1 amide bonds. The van der Waals surface area contributed by atoms with Gasteiger partial charge in [-0.05, 0) is 40.8 Å². The molecular weight excluding hydrogens is 430 g/mol. The third-order valence-corrected chi connectivity index (χ3v) is 5.89. The fourth-order valence-corrected chi connectivity index (χ4v) is 4.33. The summed E-state index contributed by atoms with van der Waals surface area (Å²) in [5.74, 6) is 1.07. The van der Waals surface area contributed by atoms with E-state index in [4.69, 9.17) is 14.2 Å². The van der Waals surface area contributed by atoms with E-state index in [1.54, 1.807) is 19.2 Å². The van der Waals surface area contributed by atoms with Gasteiger partial charge in [0.1, 0.15) is 12.9 Å². The Morgan fingerprint density at radius 3 is 2.26 bits per heavy atom. The quantitative estimate of drug-likeness (QED) is 0.341. The Labute approximate surface area is 199 Å². The van der Waals surface area contributed by atoms with Gasteiger partial charge in [0, 0.05) is 23.6 Å². The Bertz CT molecular complexity index is 1170. The van der Waals surface area contributed by atoms with Gasteiger partial charge in [-0.15, -0.1) is 0 Å². The van der Waals surface area contributed by atoms with Crippen molar-refractivity contribution in [3.05, 3.63) is 89.0 Å². The van der Waals surface area contributed by atoms with Crippen molar-refractivity contribution >= 4 is 18.5 Å². The minimum atomic E-state index is -0.447. The molecule has 0 saturated carbocycles. The Balaban J connectivity index is 1.31. The van der Waals surface area contributed by atoms with E-state index in [1.807, 2.05) is 36.4 Å². The predicted molar refractivity (Wildman–Crippen MR) is 132 cm³/mol. The number of amides is 1. The summed E-state index contributed by atoms with van der Waals surface area (Å²) < 4.78 is 16.3. The fourth-order valence-electron chi connectivity index (χ4n) is 4.33. The number of ether oxygens (including phenoxy) is 3. The van der Waals surface area contributed by atoms with E-state index in [0.717, 1.165) is 11.8 Å². The van der Waals surface area contributed by atoms with Crippen LogP contribution in [0.4, 0.5) is 4.79 Å². The molecule has 6 nitrogen and oxygen atoms in total. The van der Waals surface area contributed by atoms with E-state index in [1.165, 1.54) is 29.4 Å². The maximum atomic E-state index is 12.3. The zero-order valence-electron chi connectivity index (χ0n) is 19.2. The maximum absolute atomic E-state index is 12.3. The number of hydrogen-bond acceptors (Lipinski definition) is 5. The molecule has 1 N–H and O–H groups in total. The SMILES string of the molecule is COc1cc(C=O)cc(C=CCCNC(=O)OCC2c3ccccc3-c3ccccc32)c1OC. The lowest BCUT2D eigenvalue weighted by Gasteiger charge is -2.14. The number of benzene rings is 3. The lowest BCUT2D eigenvalue weighted by Crippen LogP contribution is -2.26. The summed E-state index contributed by atoms with van der Waals surface area (Å²) >= 11 is 0. The van der Waals surface area contributed by atoms with Gasteiger partial charge in [0.05, 0.1) is 14.2 Å². The van der Waals surface area contributed by atoms with Gasteiger partial charge in [-0.1, -0.05) is 60.7 Å². The van der Waals surface area contributed by atoms with Crippen LogP contribution in [-0.4, -0.2) is 39.8 Å². The number of fused-ring (bicyclic) bond motifs is 3. The van der Waals surface area contributed by atoms with Crippen molar-refractivity contribution in [2.75, 3.05) is 27.4 Å². The highest BCUT2D eigenvalue weighted by molar-refractivity contribution is 5.80. The van der Waals surface area contributed by atoms with Crippen LogP contribution in [0.3, 0.4) is 0 Å². The first kappa shape index (κ1) is 23.1. The molecule has 0 bridgehead atoms. The molecule has 0 unspecified atom stereocenters. The molecule has 0 spiro atoms. The van der Waals surface area contributed by atoms with Crippen molar-refractivity contribution in [2.45, 2.75) is 12.3 Å². The average Bonchev–Trinajstić information content (AvgIpc) is 3.20. The predicted octanol–water partition coefficient (Wildman–Crippen LogP) is 5.46. The van der Waals surface area contributed by atoms with Crippen LogP contribution < -0.4 is 14.8 Å². The smallest absolute Gasteiger partial charge is 0.407 e. The van der Waals surface area contributed by atoms with E-state index in [0.29, 0.717) is 30.0 Å². The van der Waals surface area contributed by atoms with Gasteiger partial charge >= 0.3 is 6.09 Å². The molecule has 0 aliphatic heterocycles. The summed E-state index contributed by atoms with van der Waals surface area (Å²) in [5, 5.41) is 2.79. The minimum Gasteiger partial charge on any atom is -0.493 e. The minimum absolute atomic E-state index is 0.0330. The third kappa shape index (κ3) is 4.81. The van der Waals surface area contributed by atoms with Gasteiger partial charge in [-0.2, -0.15) is 0 Å². The molecule has 1 aliphatic carbocycles. The van der Waals surface area contributed by atoms with Crippen LogP contribution in [0.5, 0.6) is 11.5 Å². The highest BCUT2D eigenvalue weighted by atomic mass is 16.5. The first-order valence-corrected chi connectivity index (χ1v) is 11.1. The molecular formula is C28H27NO5. The summed E-state index contributed by atoms with van der Waals surface area (Å²) in [4.78, 5) is 23.5. The van der Waals surface area contributed by atoms with Crippen LogP contribution >= 0.6 is 0 Å². The van der Waals surface area contributed by atoms with Gasteiger partial charge in [0.15, 0.2) is 11.5 Å². The number of rotatable bonds is 9. The lowest BCUT2D eigenvalue weighted by molar-refractivity contribution is 0.112. The van der Waals surface area contributed by atoms with Crippen LogP contribution in [-0.2, 0) is 4.74 Å². The molecule has 174 valence electrons. The highest BCUT2D eigenvalue weighted by Gasteiger charge is 2.28. The summed E-state index contributed by atoms with van der Waals surface area (Å²) in [6, 6.07) is 19.8. The molecule has 6 heteroatoms. The standard InChI is InChI=1S/C28H27NO5/c1-32-26-16-19(17-30)15-20(27(26)33-2)9-7-8-14-29-28(31)34-18-25-23-12-5-3-10-21(23)22-11-4-6-13-24(22)25/h3-7,9-13,15-17,25H,8,14,18H2,1-2H3,(H,29,31). The molecule has 0 aromatic heterocycles. The van der Waals surface area contributed by atoms with Crippen LogP contribution in [0.25, 0.3) is 17.2 Å². The average molecular weight is 458 g/mol. The second-order valence-corrected chi connectivity index (χ2v) is 7.91. The molecule has 1 aliphatic rings. The Morgan fingerprint density at radius 2 is 1.65 bits per heavy atom. The molecule has 0 atom stereocenters. The molecule has 4 rings (SSSR count). The Hall–Kier alpha value is -4.06. The summed E-state index contributed by atoms with van der Waals surface area (Å²) in [5.41, 5.74) is 5.98. The normalized spacial score (nSPS) is 12.2. The number of hydrogen-bond donors (Lipinski definition) is 1. The number of nitrogens with one attached hydrogen (secondary N) is 1. The summed E-state index contributed by atoms with van der Waals surface area (Å²) in [7, 11) is 3.08. The van der Waals surface area contributed by atoms with E-state index in [9.17, 15) is 9.59 Å².